The van der Waals surface area contributed by atoms with Crippen molar-refractivity contribution in [3.63, 3.8) is 0 Å². The van der Waals surface area contributed by atoms with Crippen molar-refractivity contribution in [2.75, 3.05) is 19.7 Å². The summed E-state index contributed by atoms with van der Waals surface area (Å²) in [4.78, 5) is 2.33. The van der Waals surface area contributed by atoms with Crippen LogP contribution in [0.15, 0.2) is 48.5 Å². The average molecular weight is 367 g/mol. The zero-order valence-corrected chi connectivity index (χ0v) is 16.2. The van der Waals surface area contributed by atoms with E-state index in [1.165, 1.54) is 17.5 Å². The van der Waals surface area contributed by atoms with Crippen LogP contribution >= 0.6 is 0 Å². The van der Waals surface area contributed by atoms with Gasteiger partial charge in [-0.25, -0.2) is 0 Å². The van der Waals surface area contributed by atoms with Crippen LogP contribution in [0.25, 0.3) is 0 Å². The first-order valence-corrected chi connectivity index (χ1v) is 10.0. The molecule has 1 heterocycles. The van der Waals surface area contributed by atoms with E-state index in [-0.39, 0.29) is 0 Å². The van der Waals surface area contributed by atoms with Crippen LogP contribution in [0.1, 0.15) is 37.0 Å². The van der Waals surface area contributed by atoms with Gasteiger partial charge in [0.25, 0.3) is 5.79 Å². The summed E-state index contributed by atoms with van der Waals surface area (Å²) in [5, 5.41) is 11.7. The molecular formula is C23H29NO3. The summed E-state index contributed by atoms with van der Waals surface area (Å²) in [5.74, 6) is -0.825. The van der Waals surface area contributed by atoms with Crippen molar-refractivity contribution in [3.8, 4) is 5.75 Å². The smallest absolute Gasteiger partial charge is 0.262 e. The van der Waals surface area contributed by atoms with E-state index < -0.39 is 11.9 Å². The number of rotatable bonds is 5. The Morgan fingerprint density at radius 3 is 2.67 bits per heavy atom. The van der Waals surface area contributed by atoms with Crippen molar-refractivity contribution < 1.29 is 14.6 Å². The number of fused-ring (bicyclic) bond motifs is 1. The second-order valence-corrected chi connectivity index (χ2v) is 7.90. The third-order valence-corrected chi connectivity index (χ3v) is 5.80. The first-order chi connectivity index (χ1) is 13.1. The topological polar surface area (TPSA) is 41.9 Å². The number of ether oxygens (including phenoxy) is 2. The molecule has 4 rings (SSSR count). The van der Waals surface area contributed by atoms with Gasteiger partial charge in [0.15, 0.2) is 0 Å². The first kappa shape index (κ1) is 18.5. The van der Waals surface area contributed by atoms with Gasteiger partial charge in [0, 0.05) is 24.7 Å². The zero-order valence-electron chi connectivity index (χ0n) is 16.2. The van der Waals surface area contributed by atoms with Crippen LogP contribution in [0.4, 0.5) is 0 Å². The molecule has 2 unspecified atom stereocenters. The highest BCUT2D eigenvalue weighted by Crippen LogP contribution is 2.35. The summed E-state index contributed by atoms with van der Waals surface area (Å²) in [6.45, 7) is 6.44. The van der Waals surface area contributed by atoms with Crippen LogP contribution in [-0.2, 0) is 23.4 Å². The standard InChI is InChI=1S/C23H29NO3/c1-17(2)24-13-14-26-22(16-24)23(25,20-9-4-3-5-10-20)27-21-12-11-18-7-6-8-19(18)15-21/h3-5,9-12,15,17,22,25H,6-8,13-14,16H2,1-2H3. The van der Waals surface area contributed by atoms with E-state index in [0.717, 1.165) is 24.9 Å². The van der Waals surface area contributed by atoms with Crippen molar-refractivity contribution in [2.45, 2.75) is 51.0 Å². The quantitative estimate of drug-likeness (QED) is 0.821. The summed E-state index contributed by atoms with van der Waals surface area (Å²) in [6, 6.07) is 16.2. The number of morpholine rings is 1. The molecule has 1 aliphatic carbocycles. The summed E-state index contributed by atoms with van der Waals surface area (Å²) < 4.78 is 12.3. The highest BCUT2D eigenvalue weighted by atomic mass is 16.7. The van der Waals surface area contributed by atoms with Crippen LogP contribution in [0.5, 0.6) is 5.75 Å². The lowest BCUT2D eigenvalue weighted by Crippen LogP contribution is -2.56. The molecule has 0 radical (unpaired) electrons. The SMILES string of the molecule is CC(C)N1CCOC(C(O)(Oc2ccc3c(c2)CCC3)c2ccccc2)C1. The molecular weight excluding hydrogens is 338 g/mol. The molecule has 0 bridgehead atoms. The Labute approximate surface area is 161 Å². The van der Waals surface area contributed by atoms with E-state index in [1.54, 1.807) is 0 Å². The fourth-order valence-corrected chi connectivity index (χ4v) is 4.15. The maximum Gasteiger partial charge on any atom is 0.262 e. The molecule has 0 spiro atoms. The highest BCUT2D eigenvalue weighted by molar-refractivity contribution is 5.39. The predicted molar refractivity (Wildman–Crippen MR) is 106 cm³/mol. The number of aryl methyl sites for hydroxylation is 2. The number of benzene rings is 2. The van der Waals surface area contributed by atoms with E-state index in [1.807, 2.05) is 36.4 Å². The second kappa shape index (κ2) is 7.63. The van der Waals surface area contributed by atoms with Gasteiger partial charge in [-0.15, -0.1) is 0 Å². The molecule has 1 saturated heterocycles. The molecule has 2 aromatic rings. The molecule has 1 aliphatic heterocycles. The molecule has 144 valence electrons. The Morgan fingerprint density at radius 1 is 1.11 bits per heavy atom. The van der Waals surface area contributed by atoms with E-state index >= 15 is 0 Å². The minimum Gasteiger partial charge on any atom is -0.455 e. The van der Waals surface area contributed by atoms with Crippen molar-refractivity contribution in [1.82, 2.24) is 4.90 Å². The van der Waals surface area contributed by atoms with Crippen LogP contribution in [-0.4, -0.2) is 41.8 Å². The van der Waals surface area contributed by atoms with Crippen LogP contribution in [0.3, 0.4) is 0 Å². The lowest BCUT2D eigenvalue weighted by Gasteiger charge is -2.43. The third kappa shape index (κ3) is 3.75. The Bertz CT molecular complexity index is 776. The number of hydrogen-bond acceptors (Lipinski definition) is 4. The molecule has 2 atom stereocenters. The van der Waals surface area contributed by atoms with E-state index in [2.05, 4.69) is 30.9 Å². The summed E-state index contributed by atoms with van der Waals surface area (Å²) in [7, 11) is 0. The van der Waals surface area contributed by atoms with Gasteiger partial charge >= 0.3 is 0 Å². The Balaban J connectivity index is 1.66. The van der Waals surface area contributed by atoms with Gasteiger partial charge in [-0.3, -0.25) is 4.90 Å². The minimum absolute atomic E-state index is 0.399. The van der Waals surface area contributed by atoms with Crippen molar-refractivity contribution in [1.29, 1.82) is 0 Å². The van der Waals surface area contributed by atoms with Gasteiger partial charge in [-0.05, 0) is 56.4 Å². The van der Waals surface area contributed by atoms with Gasteiger partial charge in [-0.2, -0.15) is 0 Å². The molecule has 1 N–H and O–H groups in total. The Hall–Kier alpha value is -1.88. The normalized spacial score (nSPS) is 22.4. The first-order valence-electron chi connectivity index (χ1n) is 10.0. The second-order valence-electron chi connectivity index (χ2n) is 7.90. The summed E-state index contributed by atoms with van der Waals surface area (Å²) in [5.41, 5.74) is 3.45. The molecule has 2 aromatic carbocycles. The number of aliphatic hydroxyl groups is 1. The fraction of sp³-hybridized carbons (Fsp3) is 0.478. The van der Waals surface area contributed by atoms with Gasteiger partial charge in [0.2, 0.25) is 0 Å². The summed E-state index contributed by atoms with van der Waals surface area (Å²) >= 11 is 0. The molecule has 4 heteroatoms. The van der Waals surface area contributed by atoms with Gasteiger partial charge in [0.05, 0.1) is 6.61 Å². The molecule has 27 heavy (non-hydrogen) atoms. The molecule has 2 aliphatic rings. The Kier molecular flexibility index (Phi) is 5.22. The molecule has 0 saturated carbocycles. The van der Waals surface area contributed by atoms with Crippen LogP contribution in [0.2, 0.25) is 0 Å². The Morgan fingerprint density at radius 2 is 1.89 bits per heavy atom. The minimum atomic E-state index is -1.53. The predicted octanol–water partition coefficient (Wildman–Crippen LogP) is 3.51. The average Bonchev–Trinajstić information content (AvgIpc) is 3.16. The van der Waals surface area contributed by atoms with Crippen LogP contribution < -0.4 is 4.74 Å². The molecule has 0 aromatic heterocycles. The van der Waals surface area contributed by atoms with Crippen molar-refractivity contribution in [2.24, 2.45) is 0 Å². The summed E-state index contributed by atoms with van der Waals surface area (Å²) in [6.07, 6.45) is 2.95. The molecule has 0 amide bonds. The maximum atomic E-state index is 11.7. The van der Waals surface area contributed by atoms with E-state index in [9.17, 15) is 5.11 Å². The van der Waals surface area contributed by atoms with Crippen LogP contribution in [0, 0.1) is 0 Å². The van der Waals surface area contributed by atoms with Gasteiger partial charge < -0.3 is 14.6 Å². The maximum absolute atomic E-state index is 11.7. The largest absolute Gasteiger partial charge is 0.455 e. The highest BCUT2D eigenvalue weighted by Gasteiger charge is 2.45. The lowest BCUT2D eigenvalue weighted by atomic mass is 9.97. The fourth-order valence-electron chi connectivity index (χ4n) is 4.15. The number of nitrogens with zero attached hydrogens (tertiary/aromatic N) is 1. The number of hydrogen-bond donors (Lipinski definition) is 1. The van der Waals surface area contributed by atoms with Crippen molar-refractivity contribution >= 4 is 0 Å². The monoisotopic (exact) mass is 367 g/mol. The van der Waals surface area contributed by atoms with Gasteiger partial charge in [-0.1, -0.05) is 36.4 Å². The third-order valence-electron chi connectivity index (χ3n) is 5.80. The van der Waals surface area contributed by atoms with E-state index in [0.29, 0.717) is 24.9 Å². The molecule has 1 fully saturated rings. The van der Waals surface area contributed by atoms with Crippen molar-refractivity contribution in [3.05, 3.63) is 65.2 Å². The zero-order chi connectivity index (χ0) is 18.9. The van der Waals surface area contributed by atoms with Gasteiger partial charge in [0.1, 0.15) is 11.9 Å². The molecule has 4 nitrogen and oxygen atoms in total. The lowest BCUT2D eigenvalue weighted by molar-refractivity contribution is -0.247. The van der Waals surface area contributed by atoms with E-state index in [4.69, 9.17) is 9.47 Å².